The van der Waals surface area contributed by atoms with Gasteiger partial charge in [0.05, 0.1) is 11.6 Å². The number of benzene rings is 2. The molecule has 1 atom stereocenters. The number of nitrogens with zero attached hydrogens (tertiary/aromatic N) is 2. The Labute approximate surface area is 118 Å². The highest BCUT2D eigenvalue weighted by atomic mass is 19.1. The van der Waals surface area contributed by atoms with Gasteiger partial charge in [-0.05, 0) is 55.0 Å². The molecule has 0 aromatic heterocycles. The summed E-state index contributed by atoms with van der Waals surface area (Å²) in [6, 6.07) is 13.6. The van der Waals surface area contributed by atoms with Gasteiger partial charge in [0.25, 0.3) is 0 Å². The summed E-state index contributed by atoms with van der Waals surface area (Å²) in [5.41, 5.74) is 9.03. The van der Waals surface area contributed by atoms with E-state index in [9.17, 15) is 4.39 Å². The molecule has 3 nitrogen and oxygen atoms in total. The van der Waals surface area contributed by atoms with Crippen LogP contribution in [0.25, 0.3) is 0 Å². The van der Waals surface area contributed by atoms with Gasteiger partial charge in [0, 0.05) is 24.5 Å². The van der Waals surface area contributed by atoms with Crippen LogP contribution >= 0.6 is 0 Å². The monoisotopic (exact) mass is 269 g/mol. The minimum atomic E-state index is -0.297. The van der Waals surface area contributed by atoms with Crippen molar-refractivity contribution in [3.8, 4) is 6.07 Å². The first-order chi connectivity index (χ1) is 9.52. The molecule has 0 spiro atoms. The molecule has 2 aromatic carbocycles. The van der Waals surface area contributed by atoms with Gasteiger partial charge in [-0.2, -0.15) is 5.26 Å². The molecule has 0 bridgehead atoms. The lowest BCUT2D eigenvalue weighted by Gasteiger charge is -2.24. The normalized spacial score (nSPS) is 11.8. The van der Waals surface area contributed by atoms with Crippen molar-refractivity contribution in [1.82, 2.24) is 0 Å². The molecule has 0 heterocycles. The fourth-order valence-corrected chi connectivity index (χ4v) is 2.09. The van der Waals surface area contributed by atoms with Crippen LogP contribution in [0.4, 0.5) is 15.8 Å². The first-order valence-corrected chi connectivity index (χ1v) is 6.32. The van der Waals surface area contributed by atoms with Crippen molar-refractivity contribution in [2.45, 2.75) is 13.0 Å². The first-order valence-electron chi connectivity index (χ1n) is 6.32. The second-order valence-electron chi connectivity index (χ2n) is 4.71. The van der Waals surface area contributed by atoms with Crippen LogP contribution in [-0.2, 0) is 0 Å². The van der Waals surface area contributed by atoms with Crippen LogP contribution in [0, 0.1) is 17.1 Å². The topological polar surface area (TPSA) is 53.0 Å². The second-order valence-corrected chi connectivity index (χ2v) is 4.71. The van der Waals surface area contributed by atoms with Gasteiger partial charge in [0.1, 0.15) is 5.82 Å². The van der Waals surface area contributed by atoms with Crippen molar-refractivity contribution in [1.29, 1.82) is 5.26 Å². The minimum Gasteiger partial charge on any atom is -0.344 e. The third-order valence-electron chi connectivity index (χ3n) is 3.23. The summed E-state index contributed by atoms with van der Waals surface area (Å²) in [6.07, 6.45) is 0. The summed E-state index contributed by atoms with van der Waals surface area (Å²) in [7, 11) is 1.89. The van der Waals surface area contributed by atoms with Crippen molar-refractivity contribution in [2.75, 3.05) is 11.9 Å². The van der Waals surface area contributed by atoms with Crippen LogP contribution in [0.5, 0.6) is 0 Å². The molecule has 2 aromatic rings. The van der Waals surface area contributed by atoms with Gasteiger partial charge in [-0.25, -0.2) is 4.39 Å². The zero-order chi connectivity index (χ0) is 14.7. The molecular formula is C16H16FN3. The SMILES string of the molecule is CC(N)c1cc(F)ccc1N(C)c1ccc(C#N)cc1. The molecule has 4 heteroatoms. The van der Waals surface area contributed by atoms with Gasteiger partial charge >= 0.3 is 0 Å². The van der Waals surface area contributed by atoms with Gasteiger partial charge in [-0.1, -0.05) is 0 Å². The number of halogens is 1. The van der Waals surface area contributed by atoms with Gasteiger partial charge in [0.15, 0.2) is 0 Å². The molecule has 1 unspecified atom stereocenters. The van der Waals surface area contributed by atoms with E-state index >= 15 is 0 Å². The molecule has 0 fully saturated rings. The Morgan fingerprint density at radius 2 is 1.85 bits per heavy atom. The zero-order valence-electron chi connectivity index (χ0n) is 11.5. The number of anilines is 2. The number of rotatable bonds is 3. The molecule has 0 saturated carbocycles. The predicted octanol–water partition coefficient (Wildman–Crippen LogP) is 3.48. The summed E-state index contributed by atoms with van der Waals surface area (Å²) in [6.45, 7) is 1.82. The lowest BCUT2D eigenvalue weighted by Crippen LogP contribution is -2.16. The van der Waals surface area contributed by atoms with Crippen LogP contribution in [-0.4, -0.2) is 7.05 Å². The van der Waals surface area contributed by atoms with E-state index in [1.54, 1.807) is 18.2 Å². The third-order valence-corrected chi connectivity index (χ3v) is 3.23. The Bertz CT molecular complexity index is 642. The van der Waals surface area contributed by atoms with Crippen LogP contribution in [0.1, 0.15) is 24.1 Å². The summed E-state index contributed by atoms with van der Waals surface area (Å²) in [5, 5.41) is 8.81. The van der Waals surface area contributed by atoms with E-state index in [2.05, 4.69) is 6.07 Å². The molecule has 0 aliphatic rings. The highest BCUT2D eigenvalue weighted by Gasteiger charge is 2.13. The van der Waals surface area contributed by atoms with Crippen molar-refractivity contribution in [3.63, 3.8) is 0 Å². The Hall–Kier alpha value is -2.38. The molecule has 0 radical (unpaired) electrons. The van der Waals surface area contributed by atoms with Crippen molar-refractivity contribution in [3.05, 3.63) is 59.4 Å². The van der Waals surface area contributed by atoms with E-state index in [1.165, 1.54) is 12.1 Å². The summed E-state index contributed by atoms with van der Waals surface area (Å²) in [4.78, 5) is 1.93. The minimum absolute atomic E-state index is 0.262. The maximum Gasteiger partial charge on any atom is 0.123 e. The largest absolute Gasteiger partial charge is 0.344 e. The Morgan fingerprint density at radius 3 is 2.40 bits per heavy atom. The Morgan fingerprint density at radius 1 is 1.20 bits per heavy atom. The first kappa shape index (κ1) is 14.0. The Balaban J connectivity index is 2.42. The van der Waals surface area contributed by atoms with Gasteiger partial charge < -0.3 is 10.6 Å². The number of hydrogen-bond acceptors (Lipinski definition) is 3. The molecule has 20 heavy (non-hydrogen) atoms. The molecule has 0 amide bonds. The van der Waals surface area contributed by atoms with Crippen molar-refractivity contribution >= 4 is 11.4 Å². The molecular weight excluding hydrogens is 253 g/mol. The lowest BCUT2D eigenvalue weighted by atomic mass is 10.1. The summed E-state index contributed by atoms with van der Waals surface area (Å²) < 4.78 is 13.4. The van der Waals surface area contributed by atoms with Gasteiger partial charge in [-0.3, -0.25) is 0 Å². The van der Waals surface area contributed by atoms with Crippen LogP contribution in [0.15, 0.2) is 42.5 Å². The fourth-order valence-electron chi connectivity index (χ4n) is 2.09. The zero-order valence-corrected chi connectivity index (χ0v) is 11.5. The maximum atomic E-state index is 13.4. The predicted molar refractivity (Wildman–Crippen MR) is 78.2 cm³/mol. The van der Waals surface area contributed by atoms with E-state index in [-0.39, 0.29) is 11.9 Å². The van der Waals surface area contributed by atoms with E-state index in [1.807, 2.05) is 31.0 Å². The molecule has 2 N–H and O–H groups in total. The number of nitrogens with two attached hydrogens (primary N) is 1. The molecule has 0 aliphatic carbocycles. The van der Waals surface area contributed by atoms with Crippen LogP contribution in [0.3, 0.4) is 0 Å². The Kier molecular flexibility index (Phi) is 4.02. The van der Waals surface area contributed by atoms with E-state index in [0.29, 0.717) is 5.56 Å². The average Bonchev–Trinajstić information content (AvgIpc) is 2.46. The quantitative estimate of drug-likeness (QED) is 0.928. The highest BCUT2D eigenvalue weighted by molar-refractivity contribution is 5.66. The molecule has 2 rings (SSSR count). The summed E-state index contributed by atoms with van der Waals surface area (Å²) >= 11 is 0. The standard InChI is InChI=1S/C16H16FN3/c1-11(19)15-9-13(17)5-8-16(15)20(2)14-6-3-12(10-18)4-7-14/h3-9,11H,19H2,1-2H3. The third kappa shape index (κ3) is 2.79. The number of hydrogen-bond donors (Lipinski definition) is 1. The average molecular weight is 269 g/mol. The second kappa shape index (κ2) is 5.72. The molecule has 0 aliphatic heterocycles. The van der Waals surface area contributed by atoms with E-state index < -0.39 is 0 Å². The van der Waals surface area contributed by atoms with E-state index in [4.69, 9.17) is 11.0 Å². The van der Waals surface area contributed by atoms with Crippen molar-refractivity contribution < 1.29 is 4.39 Å². The van der Waals surface area contributed by atoms with E-state index in [0.717, 1.165) is 16.9 Å². The van der Waals surface area contributed by atoms with Crippen LogP contribution < -0.4 is 10.6 Å². The maximum absolute atomic E-state index is 13.4. The van der Waals surface area contributed by atoms with Crippen LogP contribution in [0.2, 0.25) is 0 Å². The molecule has 102 valence electrons. The van der Waals surface area contributed by atoms with Gasteiger partial charge in [-0.15, -0.1) is 0 Å². The molecule has 0 saturated heterocycles. The fraction of sp³-hybridized carbons (Fsp3) is 0.188. The smallest absolute Gasteiger partial charge is 0.123 e. The number of nitriles is 1. The summed E-state index contributed by atoms with van der Waals surface area (Å²) in [5.74, 6) is -0.297. The highest BCUT2D eigenvalue weighted by Crippen LogP contribution is 2.30. The van der Waals surface area contributed by atoms with Crippen molar-refractivity contribution in [2.24, 2.45) is 5.73 Å². The van der Waals surface area contributed by atoms with Gasteiger partial charge in [0.2, 0.25) is 0 Å². The lowest BCUT2D eigenvalue weighted by molar-refractivity contribution is 0.622.